The van der Waals surface area contributed by atoms with Crippen molar-refractivity contribution in [3.8, 4) is 11.5 Å². The van der Waals surface area contributed by atoms with E-state index >= 15 is 0 Å². The van der Waals surface area contributed by atoms with E-state index in [1.165, 1.54) is 18.2 Å². The van der Waals surface area contributed by atoms with Crippen molar-refractivity contribution in [1.82, 2.24) is 0 Å². The largest absolute Gasteiger partial charge is 0.478 e. The van der Waals surface area contributed by atoms with Gasteiger partial charge in [0.1, 0.15) is 5.75 Å². The van der Waals surface area contributed by atoms with Crippen LogP contribution in [-0.2, 0) is 4.79 Å². The van der Waals surface area contributed by atoms with Gasteiger partial charge in [-0.1, -0.05) is 23.7 Å². The highest BCUT2D eigenvalue weighted by Crippen LogP contribution is 2.29. The molecule has 2 aromatic rings. The molecule has 5 heteroatoms. The van der Waals surface area contributed by atoms with Crippen molar-refractivity contribution in [1.29, 1.82) is 0 Å². The van der Waals surface area contributed by atoms with Gasteiger partial charge in [-0.2, -0.15) is 0 Å². The maximum atomic E-state index is 13.7. The quantitative estimate of drug-likeness (QED) is 0.834. The summed E-state index contributed by atoms with van der Waals surface area (Å²) >= 11 is 5.69. The number of benzene rings is 2. The molecule has 2 aromatic carbocycles. The smallest absolute Gasteiger partial charge is 0.328 e. The molecule has 0 spiro atoms. The molecule has 0 atom stereocenters. The van der Waals surface area contributed by atoms with Crippen molar-refractivity contribution in [3.63, 3.8) is 0 Å². The average Bonchev–Trinajstić information content (AvgIpc) is 2.43. The number of rotatable bonds is 4. The third-order valence-corrected chi connectivity index (χ3v) is 3.08. The zero-order valence-electron chi connectivity index (χ0n) is 11.1. The molecule has 0 heterocycles. The minimum absolute atomic E-state index is 0.00904. The lowest BCUT2D eigenvalue weighted by Crippen LogP contribution is -1.91. The Kier molecular flexibility index (Phi) is 4.60. The highest BCUT2D eigenvalue weighted by atomic mass is 35.5. The Labute approximate surface area is 126 Å². The molecule has 0 saturated heterocycles. The number of aliphatic carboxylic acids is 1. The fraction of sp³-hybridized carbons (Fsp3) is 0.0625. The first-order valence-corrected chi connectivity index (χ1v) is 6.48. The number of aryl methyl sites for hydroxylation is 1. The number of carbonyl (C=O) groups is 1. The predicted octanol–water partition coefficient (Wildman–Crippen LogP) is 4.68. The lowest BCUT2D eigenvalue weighted by molar-refractivity contribution is -0.131. The molecular formula is C16H12ClFO3. The van der Waals surface area contributed by atoms with E-state index in [4.69, 9.17) is 21.4 Å². The fourth-order valence-corrected chi connectivity index (χ4v) is 1.92. The highest BCUT2D eigenvalue weighted by molar-refractivity contribution is 6.30. The number of carboxylic acid groups (broad SMARTS) is 1. The van der Waals surface area contributed by atoms with Gasteiger partial charge in [0.2, 0.25) is 0 Å². The van der Waals surface area contributed by atoms with Crippen molar-refractivity contribution in [2.45, 2.75) is 6.92 Å². The number of halogens is 2. The second-order valence-electron chi connectivity index (χ2n) is 4.34. The molecule has 1 N–H and O–H groups in total. The van der Waals surface area contributed by atoms with Crippen LogP contribution in [0.15, 0.2) is 42.5 Å². The number of hydrogen-bond acceptors (Lipinski definition) is 2. The van der Waals surface area contributed by atoms with Crippen molar-refractivity contribution in [2.75, 3.05) is 0 Å². The topological polar surface area (TPSA) is 46.5 Å². The Hall–Kier alpha value is -2.33. The van der Waals surface area contributed by atoms with Crippen LogP contribution in [0.1, 0.15) is 11.1 Å². The Morgan fingerprint density at radius 1 is 1.33 bits per heavy atom. The molecule has 0 aromatic heterocycles. The zero-order chi connectivity index (χ0) is 15.4. The van der Waals surface area contributed by atoms with E-state index in [1.807, 2.05) is 6.92 Å². The molecule has 21 heavy (non-hydrogen) atoms. The van der Waals surface area contributed by atoms with Crippen LogP contribution in [0.4, 0.5) is 4.39 Å². The van der Waals surface area contributed by atoms with Crippen molar-refractivity contribution in [3.05, 3.63) is 64.4 Å². The molecule has 0 aliphatic rings. The van der Waals surface area contributed by atoms with Crippen LogP contribution in [0.25, 0.3) is 6.08 Å². The second kappa shape index (κ2) is 6.41. The Balaban J connectivity index is 2.24. The van der Waals surface area contributed by atoms with E-state index < -0.39 is 11.8 Å². The summed E-state index contributed by atoms with van der Waals surface area (Å²) in [5.74, 6) is -1.15. The average molecular weight is 307 g/mol. The van der Waals surface area contributed by atoms with E-state index in [9.17, 15) is 9.18 Å². The maximum absolute atomic E-state index is 13.7. The van der Waals surface area contributed by atoms with Crippen molar-refractivity contribution >= 4 is 23.6 Å². The summed E-state index contributed by atoms with van der Waals surface area (Å²) in [6, 6.07) is 9.55. The van der Waals surface area contributed by atoms with Gasteiger partial charge in [0.15, 0.2) is 11.6 Å². The van der Waals surface area contributed by atoms with Crippen LogP contribution in [0.2, 0.25) is 5.02 Å². The summed E-state index contributed by atoms with van der Waals surface area (Å²) in [4.78, 5) is 10.5. The van der Waals surface area contributed by atoms with Crippen molar-refractivity contribution < 1.29 is 19.0 Å². The van der Waals surface area contributed by atoms with Gasteiger partial charge < -0.3 is 9.84 Å². The van der Waals surface area contributed by atoms with Gasteiger partial charge in [-0.15, -0.1) is 0 Å². The number of carboxylic acids is 1. The lowest BCUT2D eigenvalue weighted by atomic mass is 10.1. The van der Waals surface area contributed by atoms with Crippen molar-refractivity contribution in [2.24, 2.45) is 0 Å². The molecule has 0 amide bonds. The van der Waals surface area contributed by atoms with Crippen LogP contribution in [0.5, 0.6) is 11.5 Å². The molecule has 0 unspecified atom stereocenters. The second-order valence-corrected chi connectivity index (χ2v) is 4.75. The normalized spacial score (nSPS) is 10.8. The molecular weight excluding hydrogens is 295 g/mol. The minimum atomic E-state index is -1.02. The van der Waals surface area contributed by atoms with Crippen LogP contribution in [0.3, 0.4) is 0 Å². The van der Waals surface area contributed by atoms with Gasteiger partial charge in [0, 0.05) is 6.08 Å². The van der Waals surface area contributed by atoms with E-state index in [-0.39, 0.29) is 10.8 Å². The summed E-state index contributed by atoms with van der Waals surface area (Å²) in [5, 5.41) is 8.60. The third kappa shape index (κ3) is 3.83. The summed E-state index contributed by atoms with van der Waals surface area (Å²) in [7, 11) is 0. The molecule has 0 radical (unpaired) electrons. The maximum Gasteiger partial charge on any atom is 0.328 e. The Morgan fingerprint density at radius 2 is 2.10 bits per heavy atom. The number of ether oxygens (including phenoxy) is 1. The minimum Gasteiger partial charge on any atom is -0.478 e. The molecule has 0 bridgehead atoms. The zero-order valence-corrected chi connectivity index (χ0v) is 11.9. The first kappa shape index (κ1) is 15.1. The molecule has 0 fully saturated rings. The van der Waals surface area contributed by atoms with Gasteiger partial charge >= 0.3 is 5.97 Å². The Bertz CT molecular complexity index is 711. The first-order valence-electron chi connectivity index (χ1n) is 6.11. The monoisotopic (exact) mass is 306 g/mol. The summed E-state index contributed by atoms with van der Waals surface area (Å²) in [6.07, 6.45) is 2.54. The molecule has 2 rings (SSSR count). The summed E-state index contributed by atoms with van der Waals surface area (Å²) < 4.78 is 19.2. The molecule has 0 aliphatic heterocycles. The van der Waals surface area contributed by atoms with E-state index in [1.54, 1.807) is 24.3 Å². The molecule has 0 aliphatic carbocycles. The number of hydrogen-bond donors (Lipinski definition) is 1. The predicted molar refractivity (Wildman–Crippen MR) is 79.3 cm³/mol. The SMILES string of the molecule is Cc1cc(Oc2cccc(Cl)c2F)ccc1/C=C/C(=O)O. The van der Waals surface area contributed by atoms with E-state index in [2.05, 4.69) is 0 Å². The van der Waals surface area contributed by atoms with Gasteiger partial charge in [-0.25, -0.2) is 9.18 Å². The lowest BCUT2D eigenvalue weighted by Gasteiger charge is -2.09. The standard InChI is InChI=1S/C16H12ClFO3/c1-10-9-12(7-5-11(10)6-8-15(19)20)21-14-4-2-3-13(17)16(14)18/h2-9H,1H3,(H,19,20)/b8-6+. The molecule has 0 saturated carbocycles. The van der Waals surface area contributed by atoms with Crippen LogP contribution < -0.4 is 4.74 Å². The van der Waals surface area contributed by atoms with Gasteiger partial charge in [-0.05, 0) is 48.4 Å². The summed E-state index contributed by atoms with van der Waals surface area (Å²) in [6.45, 7) is 1.81. The van der Waals surface area contributed by atoms with Gasteiger partial charge in [0.05, 0.1) is 5.02 Å². The van der Waals surface area contributed by atoms with E-state index in [0.29, 0.717) is 5.75 Å². The Morgan fingerprint density at radius 3 is 2.76 bits per heavy atom. The van der Waals surface area contributed by atoms with Gasteiger partial charge in [-0.3, -0.25) is 0 Å². The summed E-state index contributed by atoms with van der Waals surface area (Å²) in [5.41, 5.74) is 1.56. The highest BCUT2D eigenvalue weighted by Gasteiger charge is 2.09. The van der Waals surface area contributed by atoms with Crippen LogP contribution >= 0.6 is 11.6 Å². The fourth-order valence-electron chi connectivity index (χ4n) is 1.75. The van der Waals surface area contributed by atoms with E-state index in [0.717, 1.165) is 17.2 Å². The first-order chi connectivity index (χ1) is 9.97. The third-order valence-electron chi connectivity index (χ3n) is 2.79. The molecule has 3 nitrogen and oxygen atoms in total. The van der Waals surface area contributed by atoms with Gasteiger partial charge in [0.25, 0.3) is 0 Å². The van der Waals surface area contributed by atoms with Crippen LogP contribution in [-0.4, -0.2) is 11.1 Å². The molecule has 108 valence electrons. The van der Waals surface area contributed by atoms with Crippen LogP contribution in [0, 0.1) is 12.7 Å².